The topological polar surface area (TPSA) is 25.6 Å². The van der Waals surface area contributed by atoms with Crippen LogP contribution in [0, 0.1) is 0 Å². The predicted octanol–water partition coefficient (Wildman–Crippen LogP) is 8.30. The van der Waals surface area contributed by atoms with Crippen molar-refractivity contribution in [2.75, 3.05) is 11.9 Å². The van der Waals surface area contributed by atoms with Crippen LogP contribution in [0.15, 0.2) is 108 Å². The molecule has 176 valence electrons. The van der Waals surface area contributed by atoms with Crippen molar-refractivity contribution >= 4 is 22.7 Å². The van der Waals surface area contributed by atoms with Crippen molar-refractivity contribution in [2.24, 2.45) is 0 Å². The molecule has 3 heterocycles. The zero-order chi connectivity index (χ0) is 24.5. The van der Waals surface area contributed by atoms with Gasteiger partial charge in [-0.1, -0.05) is 78.9 Å². The van der Waals surface area contributed by atoms with Crippen molar-refractivity contribution in [1.82, 2.24) is 0 Å². The summed E-state index contributed by atoms with van der Waals surface area (Å²) in [4.78, 5) is 2.27. The van der Waals surface area contributed by atoms with Crippen LogP contribution in [0.3, 0.4) is 0 Å². The molecule has 1 unspecified atom stereocenters. The Morgan fingerprint density at radius 3 is 2.11 bits per heavy atom. The van der Waals surface area contributed by atoms with Crippen LogP contribution in [-0.4, -0.2) is 12.8 Å². The van der Waals surface area contributed by atoms with Gasteiger partial charge in [-0.3, -0.25) is 0 Å². The van der Waals surface area contributed by atoms with E-state index in [0.29, 0.717) is 0 Å². The number of fused-ring (bicyclic) bond motifs is 4. The third-order valence-electron chi connectivity index (χ3n) is 8.03. The molecule has 4 aromatic carbocycles. The van der Waals surface area contributed by atoms with Gasteiger partial charge >= 0.3 is 0 Å². The van der Waals surface area contributed by atoms with Crippen LogP contribution in [0.4, 0.5) is 5.69 Å². The quantitative estimate of drug-likeness (QED) is 0.260. The van der Waals surface area contributed by atoms with Crippen LogP contribution in [0.25, 0.3) is 39.5 Å². The molecule has 36 heavy (non-hydrogen) atoms. The molecule has 3 heteroatoms. The van der Waals surface area contributed by atoms with E-state index >= 15 is 0 Å². The third kappa shape index (κ3) is 2.68. The number of furan rings is 1. The number of rotatable bonds is 2. The first-order valence-corrected chi connectivity index (χ1v) is 12.4. The van der Waals surface area contributed by atoms with Gasteiger partial charge in [0.2, 0.25) is 5.72 Å². The fraction of sp³-hybridized carbons (Fsp3) is 0.152. The predicted molar refractivity (Wildman–Crippen MR) is 147 cm³/mol. The molecule has 0 saturated heterocycles. The molecule has 0 saturated carbocycles. The summed E-state index contributed by atoms with van der Waals surface area (Å²) in [7, 11) is 2.13. The van der Waals surface area contributed by atoms with E-state index in [2.05, 4.69) is 123 Å². The maximum atomic E-state index is 7.00. The highest BCUT2D eigenvalue weighted by atomic mass is 16.5. The summed E-state index contributed by atoms with van der Waals surface area (Å²) in [6, 6.07) is 33.5. The van der Waals surface area contributed by atoms with E-state index in [1.54, 1.807) is 0 Å². The summed E-state index contributed by atoms with van der Waals surface area (Å²) in [5.74, 6) is 1.75. The number of hydrogen-bond donors (Lipinski definition) is 0. The lowest BCUT2D eigenvalue weighted by atomic mass is 9.76. The van der Waals surface area contributed by atoms with Crippen molar-refractivity contribution < 1.29 is 9.15 Å². The van der Waals surface area contributed by atoms with E-state index in [9.17, 15) is 0 Å². The molecule has 7 rings (SSSR count). The largest absolute Gasteiger partial charge is 0.463 e. The van der Waals surface area contributed by atoms with E-state index in [4.69, 9.17) is 9.15 Å². The molecule has 3 nitrogen and oxygen atoms in total. The Morgan fingerprint density at radius 1 is 0.722 bits per heavy atom. The molecule has 0 radical (unpaired) electrons. The average Bonchev–Trinajstić information content (AvgIpc) is 3.39. The molecule has 1 atom stereocenters. The van der Waals surface area contributed by atoms with Crippen molar-refractivity contribution in [3.05, 3.63) is 114 Å². The first-order valence-electron chi connectivity index (χ1n) is 12.4. The Hall–Kier alpha value is -4.24. The Bertz CT molecular complexity index is 1650. The minimum Gasteiger partial charge on any atom is -0.463 e. The normalized spacial score (nSPS) is 19.4. The number of para-hydroxylation sites is 1. The highest BCUT2D eigenvalue weighted by molar-refractivity contribution is 6.07. The van der Waals surface area contributed by atoms with E-state index in [-0.39, 0.29) is 5.41 Å². The molecular formula is C33H27NO2. The van der Waals surface area contributed by atoms with Crippen LogP contribution >= 0.6 is 0 Å². The number of ether oxygens (including phenoxy) is 1. The summed E-state index contributed by atoms with van der Waals surface area (Å²) >= 11 is 0. The summed E-state index contributed by atoms with van der Waals surface area (Å²) in [6.45, 7) is 4.54. The molecule has 2 aliphatic heterocycles. The van der Waals surface area contributed by atoms with Crippen LogP contribution in [-0.2, 0) is 5.41 Å². The maximum Gasteiger partial charge on any atom is 0.211 e. The summed E-state index contributed by atoms with van der Waals surface area (Å²) in [5, 5.41) is 1.08. The van der Waals surface area contributed by atoms with Gasteiger partial charge in [0.25, 0.3) is 0 Å². The molecule has 2 aliphatic rings. The molecule has 1 aromatic heterocycles. The van der Waals surface area contributed by atoms with Crippen LogP contribution in [0.2, 0.25) is 0 Å². The molecule has 0 N–H and O–H groups in total. The molecular weight excluding hydrogens is 442 g/mol. The monoisotopic (exact) mass is 469 g/mol. The van der Waals surface area contributed by atoms with Crippen molar-refractivity contribution in [3.8, 4) is 28.2 Å². The van der Waals surface area contributed by atoms with Gasteiger partial charge in [-0.2, -0.15) is 0 Å². The first kappa shape index (κ1) is 21.1. The second-order valence-corrected chi connectivity index (χ2v) is 10.2. The number of likely N-dealkylation sites (N-methyl/N-ethyl adjacent to an activating group) is 1. The van der Waals surface area contributed by atoms with Crippen LogP contribution in [0.5, 0.6) is 5.75 Å². The lowest BCUT2D eigenvalue weighted by molar-refractivity contribution is 0.0584. The van der Waals surface area contributed by atoms with Gasteiger partial charge in [-0.05, 0) is 55.3 Å². The zero-order valence-electron chi connectivity index (χ0n) is 20.7. The zero-order valence-corrected chi connectivity index (χ0v) is 20.7. The SMILES string of the molecule is CN1c2ccccc2C(C)(C)C12C=Cc1c(ccc3oc(-c4ccccc4)c(-c4ccccc4)c13)O2. The van der Waals surface area contributed by atoms with Gasteiger partial charge < -0.3 is 14.1 Å². The Morgan fingerprint density at radius 2 is 1.39 bits per heavy atom. The Kier molecular flexibility index (Phi) is 4.32. The summed E-state index contributed by atoms with van der Waals surface area (Å²) in [6.07, 6.45) is 4.47. The smallest absolute Gasteiger partial charge is 0.211 e. The highest BCUT2D eigenvalue weighted by Gasteiger charge is 2.57. The van der Waals surface area contributed by atoms with Crippen molar-refractivity contribution in [2.45, 2.75) is 25.0 Å². The number of benzene rings is 4. The van der Waals surface area contributed by atoms with Crippen molar-refractivity contribution in [1.29, 1.82) is 0 Å². The Labute approximate surface area is 211 Å². The van der Waals surface area contributed by atoms with Crippen LogP contribution < -0.4 is 9.64 Å². The number of nitrogens with zero attached hydrogens (tertiary/aromatic N) is 1. The first-order chi connectivity index (χ1) is 17.5. The standard InChI is InChI=1S/C33H27NO2/c1-32(2)25-16-10-11-17-26(25)34(3)33(32)21-20-24-27(36-33)18-19-28-30(24)29(22-12-6-4-7-13-22)31(35-28)23-14-8-5-9-15-23/h4-21H,1-3H3. The fourth-order valence-electron chi connectivity index (χ4n) is 6.13. The number of hydrogen-bond acceptors (Lipinski definition) is 3. The molecule has 5 aromatic rings. The molecule has 0 amide bonds. The van der Waals surface area contributed by atoms with Gasteiger partial charge in [0, 0.05) is 34.8 Å². The molecule has 0 bridgehead atoms. The van der Waals surface area contributed by atoms with Gasteiger partial charge in [0.05, 0.1) is 5.41 Å². The Balaban J connectivity index is 1.47. The fourth-order valence-corrected chi connectivity index (χ4v) is 6.13. The van der Waals surface area contributed by atoms with E-state index < -0.39 is 5.72 Å². The van der Waals surface area contributed by atoms with Gasteiger partial charge in [-0.15, -0.1) is 0 Å². The molecule has 0 fully saturated rings. The van der Waals surface area contributed by atoms with Crippen molar-refractivity contribution in [3.63, 3.8) is 0 Å². The third-order valence-corrected chi connectivity index (χ3v) is 8.03. The average molecular weight is 470 g/mol. The van der Waals surface area contributed by atoms with Gasteiger partial charge in [-0.25, -0.2) is 0 Å². The van der Waals surface area contributed by atoms with Gasteiger partial charge in [0.1, 0.15) is 17.1 Å². The van der Waals surface area contributed by atoms with E-state index in [0.717, 1.165) is 44.7 Å². The lowest BCUT2D eigenvalue weighted by Gasteiger charge is -2.45. The minimum atomic E-state index is -0.615. The molecule has 0 aliphatic carbocycles. The second kappa shape index (κ2) is 7.38. The summed E-state index contributed by atoms with van der Waals surface area (Å²) in [5.41, 5.74) is 6.85. The maximum absolute atomic E-state index is 7.00. The lowest BCUT2D eigenvalue weighted by Crippen LogP contribution is -2.58. The summed E-state index contributed by atoms with van der Waals surface area (Å²) < 4.78 is 13.5. The van der Waals surface area contributed by atoms with E-state index in [1.807, 2.05) is 12.1 Å². The molecule has 1 spiro atoms. The highest BCUT2D eigenvalue weighted by Crippen LogP contribution is 2.55. The second-order valence-electron chi connectivity index (χ2n) is 10.2. The minimum absolute atomic E-state index is 0.241. The van der Waals surface area contributed by atoms with Crippen LogP contribution in [0.1, 0.15) is 25.0 Å². The van der Waals surface area contributed by atoms with E-state index in [1.165, 1.54) is 11.3 Å². The number of anilines is 1. The van der Waals surface area contributed by atoms with Gasteiger partial charge in [0.15, 0.2) is 0 Å².